The highest BCUT2D eigenvalue weighted by atomic mass is 127. The lowest BCUT2D eigenvalue weighted by molar-refractivity contribution is 0.322. The van der Waals surface area contributed by atoms with Gasteiger partial charge in [-0.1, -0.05) is 30.3 Å². The maximum Gasteiger partial charge on any atom is 0.191 e. The highest BCUT2D eigenvalue weighted by Crippen LogP contribution is 2.12. The first-order valence-corrected chi connectivity index (χ1v) is 8.65. The van der Waals surface area contributed by atoms with Gasteiger partial charge in [0.2, 0.25) is 0 Å². The summed E-state index contributed by atoms with van der Waals surface area (Å²) in [5, 5.41) is 6.55. The van der Waals surface area contributed by atoms with Crippen LogP contribution in [0.4, 0.5) is 5.69 Å². The lowest BCUT2D eigenvalue weighted by Gasteiger charge is -2.13. The van der Waals surface area contributed by atoms with Crippen LogP contribution in [0.2, 0.25) is 0 Å². The summed E-state index contributed by atoms with van der Waals surface area (Å²) in [5.41, 5.74) is 2.37. The van der Waals surface area contributed by atoms with Gasteiger partial charge < -0.3 is 20.3 Å². The molecule has 0 fully saturated rings. The van der Waals surface area contributed by atoms with Crippen LogP contribution in [0.5, 0.6) is 5.75 Å². The number of nitrogens with zero attached hydrogens (tertiary/aromatic N) is 2. The smallest absolute Gasteiger partial charge is 0.191 e. The van der Waals surface area contributed by atoms with E-state index in [1.807, 2.05) is 44.4 Å². The van der Waals surface area contributed by atoms with Crippen molar-refractivity contribution in [2.24, 2.45) is 4.99 Å². The Morgan fingerprint density at radius 1 is 1.00 bits per heavy atom. The molecule has 0 unspecified atom stereocenters. The Hall–Kier alpha value is -1.96. The first kappa shape index (κ1) is 22.1. The van der Waals surface area contributed by atoms with Crippen molar-refractivity contribution >= 4 is 35.6 Å². The molecule has 0 bridgehead atoms. The zero-order chi connectivity index (χ0) is 17.9. The summed E-state index contributed by atoms with van der Waals surface area (Å²) in [5.74, 6) is 1.68. The zero-order valence-corrected chi connectivity index (χ0v) is 18.1. The number of anilines is 1. The summed E-state index contributed by atoms with van der Waals surface area (Å²) in [6.07, 6.45) is 0. The van der Waals surface area contributed by atoms with Gasteiger partial charge in [0.25, 0.3) is 0 Å². The number of para-hydroxylation sites is 1. The first-order valence-electron chi connectivity index (χ1n) is 8.65. The molecule has 2 N–H and O–H groups in total. The van der Waals surface area contributed by atoms with E-state index in [1.165, 1.54) is 11.3 Å². The van der Waals surface area contributed by atoms with Crippen LogP contribution in [-0.4, -0.2) is 39.8 Å². The molecule has 0 spiro atoms. The molecule has 0 aliphatic heterocycles. The van der Waals surface area contributed by atoms with Crippen molar-refractivity contribution in [1.82, 2.24) is 10.6 Å². The number of ether oxygens (including phenoxy) is 1. The number of guanidine groups is 1. The monoisotopic (exact) mass is 468 g/mol. The molecule has 0 amide bonds. The maximum atomic E-state index is 5.68. The third-order valence-corrected chi connectivity index (χ3v) is 3.62. The quantitative estimate of drug-likeness (QED) is 0.270. The number of rotatable bonds is 8. The second-order valence-corrected chi connectivity index (χ2v) is 5.84. The molecule has 6 heteroatoms. The molecule has 0 radical (unpaired) electrons. The van der Waals surface area contributed by atoms with Crippen molar-refractivity contribution < 1.29 is 4.74 Å². The fourth-order valence-electron chi connectivity index (χ4n) is 2.27. The number of hydrogen-bond donors (Lipinski definition) is 2. The van der Waals surface area contributed by atoms with Gasteiger partial charge in [-0.3, -0.25) is 0 Å². The second kappa shape index (κ2) is 12.4. The van der Waals surface area contributed by atoms with Crippen molar-refractivity contribution in [2.45, 2.75) is 13.5 Å². The molecule has 5 nitrogen and oxygen atoms in total. The molecule has 26 heavy (non-hydrogen) atoms. The lowest BCUT2D eigenvalue weighted by Crippen LogP contribution is -2.39. The predicted molar refractivity (Wildman–Crippen MR) is 121 cm³/mol. The van der Waals surface area contributed by atoms with Crippen LogP contribution in [0.25, 0.3) is 0 Å². The van der Waals surface area contributed by atoms with Crippen molar-refractivity contribution in [1.29, 1.82) is 0 Å². The highest BCUT2D eigenvalue weighted by molar-refractivity contribution is 14.0. The Morgan fingerprint density at radius 2 is 1.69 bits per heavy atom. The molecule has 0 aliphatic rings. The van der Waals surface area contributed by atoms with E-state index in [4.69, 9.17) is 4.74 Å². The average Bonchev–Trinajstić information content (AvgIpc) is 2.64. The van der Waals surface area contributed by atoms with Crippen molar-refractivity contribution in [2.75, 3.05) is 38.7 Å². The molecule has 2 aromatic rings. The number of benzene rings is 2. The molecule has 0 saturated carbocycles. The summed E-state index contributed by atoms with van der Waals surface area (Å²) in [6.45, 7) is 4.81. The Labute approximate surface area is 173 Å². The first-order chi connectivity index (χ1) is 12.2. The fraction of sp³-hybridized carbons (Fsp3) is 0.350. The Balaban J connectivity index is 0.00000338. The fourth-order valence-corrected chi connectivity index (χ4v) is 2.27. The molecule has 0 aliphatic carbocycles. The van der Waals surface area contributed by atoms with Gasteiger partial charge in [0.05, 0.1) is 13.1 Å². The van der Waals surface area contributed by atoms with Gasteiger partial charge in [0, 0.05) is 26.3 Å². The summed E-state index contributed by atoms with van der Waals surface area (Å²) in [4.78, 5) is 6.72. The van der Waals surface area contributed by atoms with Crippen LogP contribution in [0.3, 0.4) is 0 Å². The zero-order valence-electron chi connectivity index (χ0n) is 15.7. The number of hydrogen-bond acceptors (Lipinski definition) is 3. The van der Waals surface area contributed by atoms with E-state index >= 15 is 0 Å². The van der Waals surface area contributed by atoms with Crippen molar-refractivity contribution in [3.63, 3.8) is 0 Å². The van der Waals surface area contributed by atoms with Crippen LogP contribution in [0.1, 0.15) is 12.5 Å². The van der Waals surface area contributed by atoms with E-state index in [0.29, 0.717) is 19.7 Å². The maximum absolute atomic E-state index is 5.68. The third kappa shape index (κ3) is 7.95. The van der Waals surface area contributed by atoms with Crippen LogP contribution in [0, 0.1) is 0 Å². The largest absolute Gasteiger partial charge is 0.492 e. The minimum absolute atomic E-state index is 0. The van der Waals surface area contributed by atoms with E-state index in [-0.39, 0.29) is 24.0 Å². The molecule has 2 rings (SSSR count). The lowest BCUT2D eigenvalue weighted by atomic mass is 10.2. The molecular formula is C20H29IN4O. The van der Waals surface area contributed by atoms with Crippen LogP contribution in [0.15, 0.2) is 59.6 Å². The molecule has 2 aromatic carbocycles. The number of nitrogens with one attached hydrogen (secondary N) is 2. The van der Waals surface area contributed by atoms with E-state index in [0.717, 1.165) is 18.3 Å². The van der Waals surface area contributed by atoms with Gasteiger partial charge in [0.15, 0.2) is 5.96 Å². The third-order valence-electron chi connectivity index (χ3n) is 3.62. The minimum atomic E-state index is 0. The molecule has 142 valence electrons. The highest BCUT2D eigenvalue weighted by Gasteiger charge is 1.99. The van der Waals surface area contributed by atoms with Gasteiger partial charge in [0.1, 0.15) is 12.4 Å². The van der Waals surface area contributed by atoms with Crippen molar-refractivity contribution in [3.05, 3.63) is 60.2 Å². The SMILES string of the molecule is CCNC(=NCc1ccc(N(C)C)cc1)NCCOc1ccccc1.I. The average molecular weight is 468 g/mol. The Bertz CT molecular complexity index is 645. The van der Waals surface area contributed by atoms with Crippen LogP contribution in [-0.2, 0) is 6.54 Å². The molecule has 0 atom stereocenters. The van der Waals surface area contributed by atoms with Crippen molar-refractivity contribution in [3.8, 4) is 5.75 Å². The van der Waals surface area contributed by atoms with E-state index in [1.54, 1.807) is 0 Å². The Kier molecular flexibility index (Phi) is 10.5. The topological polar surface area (TPSA) is 48.9 Å². The van der Waals surface area contributed by atoms with E-state index in [2.05, 4.69) is 51.7 Å². The molecular weight excluding hydrogens is 439 g/mol. The summed E-state index contributed by atoms with van der Waals surface area (Å²) >= 11 is 0. The van der Waals surface area contributed by atoms with Gasteiger partial charge in [-0.15, -0.1) is 24.0 Å². The molecule has 0 aromatic heterocycles. The molecule has 0 heterocycles. The van der Waals surface area contributed by atoms with Gasteiger partial charge in [-0.05, 0) is 36.8 Å². The predicted octanol–water partition coefficient (Wildman–Crippen LogP) is 3.50. The second-order valence-electron chi connectivity index (χ2n) is 5.84. The number of halogens is 1. The minimum Gasteiger partial charge on any atom is -0.492 e. The van der Waals surface area contributed by atoms with Gasteiger partial charge in [-0.25, -0.2) is 4.99 Å². The van der Waals surface area contributed by atoms with Crippen LogP contribution < -0.4 is 20.3 Å². The van der Waals surface area contributed by atoms with E-state index in [9.17, 15) is 0 Å². The van der Waals surface area contributed by atoms with E-state index < -0.39 is 0 Å². The number of aliphatic imine (C=N–C) groups is 1. The summed E-state index contributed by atoms with van der Waals surface area (Å²) in [7, 11) is 4.08. The van der Waals surface area contributed by atoms with Gasteiger partial charge >= 0.3 is 0 Å². The standard InChI is InChI=1S/C20H28N4O.HI/c1-4-21-20(22-14-15-25-19-8-6-5-7-9-19)23-16-17-10-12-18(13-11-17)24(2)3;/h5-13H,4,14-16H2,1-3H3,(H2,21,22,23);1H. The summed E-state index contributed by atoms with van der Waals surface area (Å²) < 4.78 is 5.68. The Morgan fingerprint density at radius 3 is 2.31 bits per heavy atom. The van der Waals surface area contributed by atoms with Gasteiger partial charge in [-0.2, -0.15) is 0 Å². The van der Waals surface area contributed by atoms with Crippen LogP contribution >= 0.6 is 24.0 Å². The normalized spacial score (nSPS) is 10.7. The summed E-state index contributed by atoms with van der Waals surface area (Å²) in [6, 6.07) is 18.3. The molecule has 0 saturated heterocycles.